The van der Waals surface area contributed by atoms with Gasteiger partial charge in [0, 0.05) is 31.6 Å². The van der Waals surface area contributed by atoms with E-state index in [0.717, 1.165) is 48.7 Å². The number of aromatic nitrogens is 2. The molecule has 1 aromatic heterocycles. The fourth-order valence-electron chi connectivity index (χ4n) is 2.29. The zero-order valence-electron chi connectivity index (χ0n) is 9.98. The summed E-state index contributed by atoms with van der Waals surface area (Å²) in [4.78, 5) is 11.4. The summed E-state index contributed by atoms with van der Waals surface area (Å²) in [6.07, 6.45) is 0. The van der Waals surface area contributed by atoms with E-state index in [-0.39, 0.29) is 0 Å². The van der Waals surface area contributed by atoms with Crippen LogP contribution in [0.4, 0.5) is 5.82 Å². The van der Waals surface area contributed by atoms with Crippen molar-refractivity contribution in [3.8, 4) is 0 Å². The van der Waals surface area contributed by atoms with Crippen LogP contribution in [0.5, 0.6) is 0 Å². The van der Waals surface area contributed by atoms with Gasteiger partial charge in [-0.25, -0.2) is 9.97 Å². The number of rotatable bonds is 1. The van der Waals surface area contributed by atoms with Gasteiger partial charge in [0.25, 0.3) is 0 Å². The number of fused-ring (bicyclic) bond motifs is 1. The van der Waals surface area contributed by atoms with Crippen LogP contribution in [-0.2, 0) is 0 Å². The summed E-state index contributed by atoms with van der Waals surface area (Å²) in [5.41, 5.74) is 1.04. The van der Waals surface area contributed by atoms with Crippen molar-refractivity contribution in [1.82, 2.24) is 15.3 Å². The van der Waals surface area contributed by atoms with E-state index >= 15 is 0 Å². The Balaban J connectivity index is 2.13. The van der Waals surface area contributed by atoms with Gasteiger partial charge < -0.3 is 10.2 Å². The lowest BCUT2D eigenvalue weighted by molar-refractivity contribution is 0.585. The first-order valence-corrected chi connectivity index (χ1v) is 6.03. The van der Waals surface area contributed by atoms with Crippen molar-refractivity contribution in [2.24, 2.45) is 0 Å². The molecule has 2 aromatic rings. The van der Waals surface area contributed by atoms with Gasteiger partial charge in [0.1, 0.15) is 11.6 Å². The average Bonchev–Trinajstić information content (AvgIpc) is 2.39. The molecular weight excluding hydrogens is 212 g/mol. The van der Waals surface area contributed by atoms with Gasteiger partial charge in [-0.3, -0.25) is 0 Å². The molecule has 4 nitrogen and oxygen atoms in total. The highest BCUT2D eigenvalue weighted by molar-refractivity contribution is 5.89. The third-order valence-corrected chi connectivity index (χ3v) is 3.11. The number of hydrogen-bond donors (Lipinski definition) is 1. The van der Waals surface area contributed by atoms with Crippen LogP contribution in [0.2, 0.25) is 0 Å². The van der Waals surface area contributed by atoms with E-state index in [2.05, 4.69) is 32.3 Å². The Morgan fingerprint density at radius 3 is 2.71 bits per heavy atom. The van der Waals surface area contributed by atoms with Crippen LogP contribution in [0.25, 0.3) is 10.9 Å². The molecule has 0 saturated carbocycles. The number of aryl methyl sites for hydroxylation is 1. The van der Waals surface area contributed by atoms with E-state index in [1.165, 1.54) is 0 Å². The van der Waals surface area contributed by atoms with Crippen LogP contribution in [-0.4, -0.2) is 36.1 Å². The minimum atomic E-state index is 0.845. The summed E-state index contributed by atoms with van der Waals surface area (Å²) >= 11 is 0. The molecule has 1 aliphatic rings. The summed E-state index contributed by atoms with van der Waals surface area (Å²) in [7, 11) is 0. The first-order valence-electron chi connectivity index (χ1n) is 6.03. The normalized spacial score (nSPS) is 16.4. The Morgan fingerprint density at radius 1 is 1.12 bits per heavy atom. The van der Waals surface area contributed by atoms with Crippen molar-refractivity contribution in [3.05, 3.63) is 30.1 Å². The second-order valence-corrected chi connectivity index (χ2v) is 4.35. The number of piperazine rings is 1. The Labute approximate surface area is 101 Å². The van der Waals surface area contributed by atoms with Crippen LogP contribution >= 0.6 is 0 Å². The molecule has 2 heterocycles. The predicted octanol–water partition coefficient (Wildman–Crippen LogP) is 1.35. The highest BCUT2D eigenvalue weighted by Gasteiger charge is 2.15. The fourth-order valence-corrected chi connectivity index (χ4v) is 2.29. The second-order valence-electron chi connectivity index (χ2n) is 4.35. The van der Waals surface area contributed by atoms with E-state index in [0.29, 0.717) is 0 Å². The SMILES string of the molecule is Cc1nc(N2CCNCC2)c2ccccc2n1. The molecular formula is C13H16N4. The second kappa shape index (κ2) is 4.30. The molecule has 0 amide bonds. The number of hydrogen-bond acceptors (Lipinski definition) is 4. The largest absolute Gasteiger partial charge is 0.353 e. The van der Waals surface area contributed by atoms with Gasteiger partial charge in [-0.05, 0) is 19.1 Å². The third-order valence-electron chi connectivity index (χ3n) is 3.11. The van der Waals surface area contributed by atoms with Gasteiger partial charge in [-0.2, -0.15) is 0 Å². The quantitative estimate of drug-likeness (QED) is 0.800. The molecule has 17 heavy (non-hydrogen) atoms. The maximum Gasteiger partial charge on any atom is 0.140 e. The van der Waals surface area contributed by atoms with E-state index < -0.39 is 0 Å². The van der Waals surface area contributed by atoms with E-state index in [1.54, 1.807) is 0 Å². The minimum absolute atomic E-state index is 0.845. The van der Waals surface area contributed by atoms with E-state index in [4.69, 9.17) is 0 Å². The average molecular weight is 228 g/mol. The smallest absolute Gasteiger partial charge is 0.140 e. The van der Waals surface area contributed by atoms with Crippen LogP contribution in [0.3, 0.4) is 0 Å². The van der Waals surface area contributed by atoms with Crippen LogP contribution in [0.1, 0.15) is 5.82 Å². The molecule has 4 heteroatoms. The summed E-state index contributed by atoms with van der Waals surface area (Å²) in [5, 5.41) is 4.51. The number of nitrogens with zero attached hydrogens (tertiary/aromatic N) is 3. The zero-order chi connectivity index (χ0) is 11.7. The molecule has 1 fully saturated rings. The first kappa shape index (κ1) is 10.5. The molecule has 1 saturated heterocycles. The monoisotopic (exact) mass is 228 g/mol. The highest BCUT2D eigenvalue weighted by Crippen LogP contribution is 2.23. The molecule has 1 aromatic carbocycles. The van der Waals surface area contributed by atoms with Gasteiger partial charge in [0.15, 0.2) is 0 Å². The van der Waals surface area contributed by atoms with Crippen molar-refractivity contribution >= 4 is 16.7 Å². The van der Waals surface area contributed by atoms with Crippen LogP contribution in [0.15, 0.2) is 24.3 Å². The number of anilines is 1. The number of nitrogens with one attached hydrogen (secondary N) is 1. The molecule has 0 aliphatic carbocycles. The highest BCUT2D eigenvalue weighted by atomic mass is 15.2. The van der Waals surface area contributed by atoms with Crippen molar-refractivity contribution in [2.45, 2.75) is 6.92 Å². The molecule has 0 radical (unpaired) electrons. The Kier molecular flexibility index (Phi) is 2.65. The van der Waals surface area contributed by atoms with E-state index in [9.17, 15) is 0 Å². The van der Waals surface area contributed by atoms with Gasteiger partial charge in [-0.15, -0.1) is 0 Å². The first-order chi connectivity index (χ1) is 8.34. The lowest BCUT2D eigenvalue weighted by Gasteiger charge is -2.29. The van der Waals surface area contributed by atoms with Crippen molar-refractivity contribution in [2.75, 3.05) is 31.1 Å². The topological polar surface area (TPSA) is 41.1 Å². The standard InChI is InChI=1S/C13H16N4/c1-10-15-12-5-3-2-4-11(12)13(16-10)17-8-6-14-7-9-17/h2-5,14H,6-9H2,1H3. The number of benzene rings is 1. The van der Waals surface area contributed by atoms with Gasteiger partial charge >= 0.3 is 0 Å². The summed E-state index contributed by atoms with van der Waals surface area (Å²) in [6.45, 7) is 6.04. The van der Waals surface area contributed by atoms with Gasteiger partial charge in [0.2, 0.25) is 0 Å². The van der Waals surface area contributed by atoms with Crippen molar-refractivity contribution in [3.63, 3.8) is 0 Å². The summed E-state index contributed by atoms with van der Waals surface area (Å²) in [6, 6.07) is 8.23. The molecule has 0 unspecified atom stereocenters. The maximum absolute atomic E-state index is 4.61. The lowest BCUT2D eigenvalue weighted by atomic mass is 10.2. The molecule has 0 atom stereocenters. The maximum atomic E-state index is 4.61. The van der Waals surface area contributed by atoms with Crippen LogP contribution in [0, 0.1) is 6.92 Å². The van der Waals surface area contributed by atoms with E-state index in [1.807, 2.05) is 19.1 Å². The molecule has 1 N–H and O–H groups in total. The van der Waals surface area contributed by atoms with Crippen molar-refractivity contribution in [1.29, 1.82) is 0 Å². The van der Waals surface area contributed by atoms with Crippen LogP contribution < -0.4 is 10.2 Å². The Morgan fingerprint density at radius 2 is 1.88 bits per heavy atom. The predicted molar refractivity (Wildman–Crippen MR) is 69.4 cm³/mol. The zero-order valence-corrected chi connectivity index (χ0v) is 9.98. The minimum Gasteiger partial charge on any atom is -0.353 e. The Bertz CT molecular complexity index is 532. The summed E-state index contributed by atoms with van der Waals surface area (Å²) in [5.74, 6) is 1.92. The van der Waals surface area contributed by atoms with Crippen molar-refractivity contribution < 1.29 is 0 Å². The third kappa shape index (κ3) is 1.96. The molecule has 0 bridgehead atoms. The summed E-state index contributed by atoms with van der Waals surface area (Å²) < 4.78 is 0. The molecule has 3 rings (SSSR count). The number of para-hydroxylation sites is 1. The fraction of sp³-hybridized carbons (Fsp3) is 0.385. The lowest BCUT2D eigenvalue weighted by Crippen LogP contribution is -2.44. The molecule has 1 aliphatic heterocycles. The molecule has 0 spiro atoms. The van der Waals surface area contributed by atoms with Gasteiger partial charge in [-0.1, -0.05) is 12.1 Å². The molecule has 88 valence electrons. The Hall–Kier alpha value is -1.68. The van der Waals surface area contributed by atoms with Gasteiger partial charge in [0.05, 0.1) is 5.52 Å².